The topological polar surface area (TPSA) is 81.9 Å². The highest BCUT2D eigenvalue weighted by atomic mass is 79.9. The van der Waals surface area contributed by atoms with Crippen molar-refractivity contribution in [1.29, 1.82) is 0 Å². The van der Waals surface area contributed by atoms with E-state index in [1.165, 1.54) is 11.8 Å². The van der Waals surface area contributed by atoms with Gasteiger partial charge in [0.25, 0.3) is 0 Å². The lowest BCUT2D eigenvalue weighted by Crippen LogP contribution is -2.14. The Morgan fingerprint density at radius 2 is 2.00 bits per heavy atom. The van der Waals surface area contributed by atoms with Crippen LogP contribution in [0.25, 0.3) is 5.69 Å². The van der Waals surface area contributed by atoms with E-state index < -0.39 is 0 Å². The number of benzene rings is 2. The lowest BCUT2D eigenvalue weighted by molar-refractivity contribution is -0.113. The number of hydrogen-bond acceptors (Lipinski definition) is 6. The maximum atomic E-state index is 12.2. The van der Waals surface area contributed by atoms with E-state index >= 15 is 0 Å². The van der Waals surface area contributed by atoms with Crippen molar-refractivity contribution < 1.29 is 9.53 Å². The molecule has 0 aliphatic rings. The number of halogens is 1. The molecule has 26 heavy (non-hydrogen) atoms. The predicted molar refractivity (Wildman–Crippen MR) is 104 cm³/mol. The largest absolute Gasteiger partial charge is 0.492 e. The van der Waals surface area contributed by atoms with E-state index in [0.717, 1.165) is 15.8 Å². The summed E-state index contributed by atoms with van der Waals surface area (Å²) in [6.07, 6.45) is 0. The molecular formula is C17H16BrN5O2S. The molecule has 0 bridgehead atoms. The Labute approximate surface area is 163 Å². The van der Waals surface area contributed by atoms with Crippen LogP contribution in [0.4, 0.5) is 5.69 Å². The van der Waals surface area contributed by atoms with Gasteiger partial charge in [0.2, 0.25) is 11.1 Å². The zero-order valence-corrected chi connectivity index (χ0v) is 16.3. The van der Waals surface area contributed by atoms with Gasteiger partial charge >= 0.3 is 0 Å². The van der Waals surface area contributed by atoms with Crippen LogP contribution in [0.15, 0.2) is 58.2 Å². The van der Waals surface area contributed by atoms with E-state index in [0.29, 0.717) is 17.5 Å². The van der Waals surface area contributed by atoms with Crippen LogP contribution in [0.1, 0.15) is 6.92 Å². The van der Waals surface area contributed by atoms with Gasteiger partial charge in [0.15, 0.2) is 0 Å². The smallest absolute Gasteiger partial charge is 0.234 e. The highest BCUT2D eigenvalue weighted by Gasteiger charge is 2.14. The quantitative estimate of drug-likeness (QED) is 0.573. The predicted octanol–water partition coefficient (Wildman–Crippen LogP) is 3.55. The average molecular weight is 434 g/mol. The summed E-state index contributed by atoms with van der Waals surface area (Å²) in [7, 11) is 0. The molecule has 1 aromatic heterocycles. The van der Waals surface area contributed by atoms with Crippen LogP contribution in [0, 0.1) is 0 Å². The summed E-state index contributed by atoms with van der Waals surface area (Å²) in [6.45, 7) is 2.45. The average Bonchev–Trinajstić information content (AvgIpc) is 3.11. The number of thioether (sulfide) groups is 1. The fraction of sp³-hybridized carbons (Fsp3) is 0.176. The molecule has 0 aliphatic heterocycles. The normalized spacial score (nSPS) is 10.5. The van der Waals surface area contributed by atoms with E-state index in [4.69, 9.17) is 4.74 Å². The number of nitrogens with one attached hydrogen (secondary N) is 1. The van der Waals surface area contributed by atoms with Gasteiger partial charge in [-0.15, -0.1) is 5.10 Å². The molecule has 0 unspecified atom stereocenters. The van der Waals surface area contributed by atoms with Crippen molar-refractivity contribution in [2.45, 2.75) is 12.1 Å². The third-order valence-electron chi connectivity index (χ3n) is 3.29. The third kappa shape index (κ3) is 4.61. The van der Waals surface area contributed by atoms with Gasteiger partial charge in [0.1, 0.15) is 11.4 Å². The number of rotatable bonds is 7. The molecular weight excluding hydrogens is 418 g/mol. The van der Waals surface area contributed by atoms with Gasteiger partial charge in [-0.05, 0) is 53.7 Å². The summed E-state index contributed by atoms with van der Waals surface area (Å²) < 4.78 is 8.15. The molecule has 2 aromatic carbocycles. The van der Waals surface area contributed by atoms with Crippen LogP contribution in [-0.2, 0) is 4.79 Å². The first-order valence-corrected chi connectivity index (χ1v) is 9.64. The number of nitrogens with zero attached hydrogens (tertiary/aromatic N) is 4. The molecule has 0 saturated heterocycles. The van der Waals surface area contributed by atoms with Crippen LogP contribution in [-0.4, -0.2) is 38.5 Å². The van der Waals surface area contributed by atoms with Crippen molar-refractivity contribution in [3.8, 4) is 11.4 Å². The fourth-order valence-electron chi connectivity index (χ4n) is 2.19. The van der Waals surface area contributed by atoms with Gasteiger partial charge in [-0.3, -0.25) is 4.79 Å². The lowest BCUT2D eigenvalue weighted by Gasteiger charge is -2.10. The maximum absolute atomic E-state index is 12.2. The number of amides is 1. The fourth-order valence-corrected chi connectivity index (χ4v) is 3.14. The Balaban J connectivity index is 1.68. The summed E-state index contributed by atoms with van der Waals surface area (Å²) in [5.41, 5.74) is 1.47. The second kappa shape index (κ2) is 8.81. The third-order valence-corrected chi connectivity index (χ3v) is 4.74. The van der Waals surface area contributed by atoms with Gasteiger partial charge < -0.3 is 10.1 Å². The Bertz CT molecular complexity index is 885. The molecule has 3 aromatic rings. The molecule has 134 valence electrons. The van der Waals surface area contributed by atoms with E-state index in [1.54, 1.807) is 4.68 Å². The van der Waals surface area contributed by atoms with Crippen molar-refractivity contribution in [2.75, 3.05) is 17.7 Å². The van der Waals surface area contributed by atoms with Crippen molar-refractivity contribution in [2.24, 2.45) is 0 Å². The second-order valence-corrected chi connectivity index (χ2v) is 6.98. The number of aromatic nitrogens is 4. The van der Waals surface area contributed by atoms with Crippen molar-refractivity contribution in [3.63, 3.8) is 0 Å². The summed E-state index contributed by atoms with van der Waals surface area (Å²) >= 11 is 4.62. The first-order chi connectivity index (χ1) is 12.7. The van der Waals surface area contributed by atoms with Crippen LogP contribution in [0.2, 0.25) is 0 Å². The standard InChI is InChI=1S/C17H16BrN5O2S/c1-2-25-15-6-4-3-5-14(15)23-17(20-21-22-23)26-11-16(24)19-13-9-7-12(18)8-10-13/h3-10H,2,11H2,1H3,(H,19,24). The molecule has 3 rings (SSSR count). The minimum atomic E-state index is -0.134. The minimum Gasteiger partial charge on any atom is -0.492 e. The number of ether oxygens (including phenoxy) is 1. The zero-order chi connectivity index (χ0) is 18.4. The Morgan fingerprint density at radius 3 is 2.77 bits per heavy atom. The van der Waals surface area contributed by atoms with E-state index in [9.17, 15) is 4.79 Å². The molecule has 0 atom stereocenters. The molecule has 1 amide bonds. The number of tetrazole rings is 1. The second-order valence-electron chi connectivity index (χ2n) is 5.12. The Hall–Kier alpha value is -2.39. The van der Waals surface area contributed by atoms with Gasteiger partial charge in [-0.2, -0.15) is 4.68 Å². The van der Waals surface area contributed by atoms with Crippen molar-refractivity contribution >= 4 is 39.3 Å². The molecule has 0 spiro atoms. The highest BCUT2D eigenvalue weighted by Crippen LogP contribution is 2.26. The van der Waals surface area contributed by atoms with Crippen molar-refractivity contribution in [3.05, 3.63) is 53.0 Å². The molecule has 9 heteroatoms. The Morgan fingerprint density at radius 1 is 1.23 bits per heavy atom. The van der Waals surface area contributed by atoms with Crippen molar-refractivity contribution in [1.82, 2.24) is 20.2 Å². The van der Waals surface area contributed by atoms with E-state index in [1.807, 2.05) is 55.5 Å². The zero-order valence-electron chi connectivity index (χ0n) is 13.9. The monoisotopic (exact) mass is 433 g/mol. The molecule has 1 N–H and O–H groups in total. The minimum absolute atomic E-state index is 0.134. The summed E-state index contributed by atoms with van der Waals surface area (Å²) in [5.74, 6) is 0.737. The molecule has 0 radical (unpaired) electrons. The van der Waals surface area contributed by atoms with E-state index in [2.05, 4.69) is 36.8 Å². The summed E-state index contributed by atoms with van der Waals surface area (Å²) in [4.78, 5) is 12.2. The number of hydrogen-bond donors (Lipinski definition) is 1. The van der Waals surface area contributed by atoms with Crippen LogP contribution >= 0.6 is 27.7 Å². The number of para-hydroxylation sites is 2. The highest BCUT2D eigenvalue weighted by molar-refractivity contribution is 9.10. The van der Waals surface area contributed by atoms with Crippen LogP contribution in [0.5, 0.6) is 5.75 Å². The molecule has 0 aliphatic carbocycles. The van der Waals surface area contributed by atoms with Gasteiger partial charge in [-0.1, -0.05) is 39.8 Å². The molecule has 1 heterocycles. The molecule has 0 fully saturated rings. The Kier molecular flexibility index (Phi) is 6.24. The number of carbonyl (C=O) groups is 1. The first kappa shape index (κ1) is 18.4. The summed E-state index contributed by atoms with van der Waals surface area (Å²) in [5, 5.41) is 15.1. The van der Waals surface area contributed by atoms with Gasteiger partial charge in [0.05, 0.1) is 12.4 Å². The SMILES string of the molecule is CCOc1ccccc1-n1nnnc1SCC(=O)Nc1ccc(Br)cc1. The van der Waals surface area contributed by atoms with E-state index in [-0.39, 0.29) is 11.7 Å². The van der Waals surface area contributed by atoms with Crippen LogP contribution in [0.3, 0.4) is 0 Å². The van der Waals surface area contributed by atoms with Gasteiger partial charge in [-0.25, -0.2) is 0 Å². The number of carbonyl (C=O) groups excluding carboxylic acids is 1. The van der Waals surface area contributed by atoms with Crippen LogP contribution < -0.4 is 10.1 Å². The molecule has 0 saturated carbocycles. The summed E-state index contributed by atoms with van der Waals surface area (Å²) in [6, 6.07) is 14.9. The first-order valence-electron chi connectivity index (χ1n) is 7.86. The lowest BCUT2D eigenvalue weighted by atomic mass is 10.3. The molecule has 7 nitrogen and oxygen atoms in total. The maximum Gasteiger partial charge on any atom is 0.234 e. The van der Waals surface area contributed by atoms with Gasteiger partial charge in [0, 0.05) is 10.2 Å². The number of anilines is 1.